The first-order valence-electron chi connectivity index (χ1n) is 7.99. The Labute approximate surface area is 161 Å². The standard InChI is InChI=1S/C19H23N3O.2ClH/c1-4-11-23-18-15(9-10-17-16(18)12-21-22-17)13-5-7-14(8-6-13)19(2,3)20;;/h5-10,12H,4,11,20H2,1-3H3,(H,21,22);2*1H. The molecule has 0 unspecified atom stereocenters. The fourth-order valence-electron chi connectivity index (χ4n) is 2.66. The van der Waals surface area contributed by atoms with Gasteiger partial charge in [0.25, 0.3) is 0 Å². The maximum absolute atomic E-state index is 6.16. The molecule has 1 aromatic heterocycles. The number of nitrogens with zero attached hydrogens (tertiary/aromatic N) is 1. The highest BCUT2D eigenvalue weighted by molar-refractivity contribution is 5.92. The smallest absolute Gasteiger partial charge is 0.138 e. The summed E-state index contributed by atoms with van der Waals surface area (Å²) < 4.78 is 6.03. The Morgan fingerprint density at radius 2 is 1.76 bits per heavy atom. The van der Waals surface area contributed by atoms with Crippen molar-refractivity contribution in [2.75, 3.05) is 6.61 Å². The van der Waals surface area contributed by atoms with E-state index in [2.05, 4.69) is 47.5 Å². The molecule has 0 bridgehead atoms. The summed E-state index contributed by atoms with van der Waals surface area (Å²) in [5.74, 6) is 0.887. The highest BCUT2D eigenvalue weighted by atomic mass is 35.5. The van der Waals surface area contributed by atoms with Gasteiger partial charge in [-0.2, -0.15) is 5.10 Å². The van der Waals surface area contributed by atoms with Crippen molar-refractivity contribution in [2.24, 2.45) is 5.73 Å². The summed E-state index contributed by atoms with van der Waals surface area (Å²) in [4.78, 5) is 0. The molecule has 6 heteroatoms. The number of aromatic nitrogens is 2. The van der Waals surface area contributed by atoms with Crippen LogP contribution in [-0.2, 0) is 5.54 Å². The monoisotopic (exact) mass is 381 g/mol. The second-order valence-corrected chi connectivity index (χ2v) is 6.42. The zero-order valence-corrected chi connectivity index (χ0v) is 16.3. The Morgan fingerprint density at radius 1 is 1.08 bits per heavy atom. The minimum absolute atomic E-state index is 0. The lowest BCUT2D eigenvalue weighted by molar-refractivity contribution is 0.322. The van der Waals surface area contributed by atoms with Crippen LogP contribution >= 0.6 is 24.8 Å². The van der Waals surface area contributed by atoms with Gasteiger partial charge < -0.3 is 10.5 Å². The van der Waals surface area contributed by atoms with Gasteiger partial charge in [-0.1, -0.05) is 31.2 Å². The van der Waals surface area contributed by atoms with Crippen LogP contribution in [0.3, 0.4) is 0 Å². The molecule has 1 heterocycles. The van der Waals surface area contributed by atoms with Crippen molar-refractivity contribution in [3.05, 3.63) is 48.2 Å². The molecule has 0 atom stereocenters. The maximum atomic E-state index is 6.16. The SMILES string of the molecule is CCCOc1c(-c2ccc(C(C)(C)N)cc2)ccc2[nH]ncc12.Cl.Cl. The molecule has 3 rings (SSSR count). The number of fused-ring (bicyclic) bond motifs is 1. The number of halogens is 2. The third-order valence-corrected chi connectivity index (χ3v) is 3.97. The highest BCUT2D eigenvalue weighted by Crippen LogP contribution is 2.36. The van der Waals surface area contributed by atoms with E-state index in [-0.39, 0.29) is 30.4 Å². The molecule has 4 nitrogen and oxygen atoms in total. The van der Waals surface area contributed by atoms with Crippen molar-refractivity contribution in [3.63, 3.8) is 0 Å². The van der Waals surface area contributed by atoms with Crippen LogP contribution in [0.4, 0.5) is 0 Å². The number of benzene rings is 2. The lowest BCUT2D eigenvalue weighted by Crippen LogP contribution is -2.28. The van der Waals surface area contributed by atoms with Gasteiger partial charge in [-0.3, -0.25) is 5.10 Å². The Morgan fingerprint density at radius 3 is 2.36 bits per heavy atom. The van der Waals surface area contributed by atoms with Crippen molar-refractivity contribution >= 4 is 35.7 Å². The number of ether oxygens (including phenoxy) is 1. The van der Waals surface area contributed by atoms with Crippen molar-refractivity contribution in [3.8, 4) is 16.9 Å². The van der Waals surface area contributed by atoms with Crippen LogP contribution in [0.5, 0.6) is 5.75 Å². The lowest BCUT2D eigenvalue weighted by Gasteiger charge is -2.19. The highest BCUT2D eigenvalue weighted by Gasteiger charge is 2.16. The van der Waals surface area contributed by atoms with E-state index in [4.69, 9.17) is 10.5 Å². The number of nitrogens with two attached hydrogens (primary N) is 1. The number of H-pyrrole nitrogens is 1. The van der Waals surface area contributed by atoms with Gasteiger partial charge in [0.15, 0.2) is 0 Å². The van der Waals surface area contributed by atoms with E-state index in [9.17, 15) is 0 Å². The van der Waals surface area contributed by atoms with Gasteiger partial charge in [0.05, 0.1) is 23.7 Å². The Bertz CT molecular complexity index is 808. The molecule has 0 aliphatic heterocycles. The molecule has 0 aliphatic carbocycles. The lowest BCUT2D eigenvalue weighted by atomic mass is 9.93. The molecular weight excluding hydrogens is 357 g/mol. The van der Waals surface area contributed by atoms with Crippen molar-refractivity contribution in [1.82, 2.24) is 10.2 Å². The molecule has 2 aromatic carbocycles. The minimum atomic E-state index is -0.339. The van der Waals surface area contributed by atoms with Gasteiger partial charge in [-0.05, 0) is 43.5 Å². The minimum Gasteiger partial charge on any atom is -0.492 e. The normalized spacial score (nSPS) is 10.9. The topological polar surface area (TPSA) is 63.9 Å². The Balaban J connectivity index is 0.00000156. The quantitative estimate of drug-likeness (QED) is 0.649. The van der Waals surface area contributed by atoms with Crippen LogP contribution < -0.4 is 10.5 Å². The number of hydrogen-bond donors (Lipinski definition) is 2. The predicted octanol–water partition coefficient (Wildman–Crippen LogP) is 5.06. The third-order valence-electron chi connectivity index (χ3n) is 3.97. The molecule has 0 fully saturated rings. The third kappa shape index (κ3) is 4.46. The van der Waals surface area contributed by atoms with Crippen LogP contribution in [0, 0.1) is 0 Å². The van der Waals surface area contributed by atoms with Gasteiger partial charge >= 0.3 is 0 Å². The van der Waals surface area contributed by atoms with E-state index >= 15 is 0 Å². The molecule has 0 saturated heterocycles. The van der Waals surface area contributed by atoms with Crippen LogP contribution in [-0.4, -0.2) is 16.8 Å². The zero-order chi connectivity index (χ0) is 16.4. The summed E-state index contributed by atoms with van der Waals surface area (Å²) in [6.45, 7) is 6.81. The van der Waals surface area contributed by atoms with Crippen LogP contribution in [0.15, 0.2) is 42.6 Å². The summed E-state index contributed by atoms with van der Waals surface area (Å²) >= 11 is 0. The maximum Gasteiger partial charge on any atom is 0.138 e. The van der Waals surface area contributed by atoms with Crippen LogP contribution in [0.2, 0.25) is 0 Å². The second-order valence-electron chi connectivity index (χ2n) is 6.42. The van der Waals surface area contributed by atoms with Gasteiger partial charge in [0.1, 0.15) is 5.75 Å². The van der Waals surface area contributed by atoms with E-state index in [0.29, 0.717) is 6.61 Å². The Kier molecular flexibility index (Phi) is 7.29. The summed E-state index contributed by atoms with van der Waals surface area (Å²) in [5.41, 5.74) is 10.1. The van der Waals surface area contributed by atoms with E-state index in [1.165, 1.54) is 0 Å². The fourth-order valence-corrected chi connectivity index (χ4v) is 2.66. The largest absolute Gasteiger partial charge is 0.492 e. The fraction of sp³-hybridized carbons (Fsp3) is 0.316. The molecular formula is C19H25Cl2N3O. The summed E-state index contributed by atoms with van der Waals surface area (Å²) in [6, 6.07) is 12.5. The first kappa shape index (κ1) is 21.3. The molecule has 0 saturated carbocycles. The molecule has 136 valence electrons. The number of aromatic amines is 1. The first-order chi connectivity index (χ1) is 11.0. The van der Waals surface area contributed by atoms with E-state index in [1.54, 1.807) is 0 Å². The van der Waals surface area contributed by atoms with Gasteiger partial charge in [-0.15, -0.1) is 24.8 Å². The van der Waals surface area contributed by atoms with Gasteiger partial charge in [0.2, 0.25) is 0 Å². The summed E-state index contributed by atoms with van der Waals surface area (Å²) in [7, 11) is 0. The molecule has 25 heavy (non-hydrogen) atoms. The molecule has 3 N–H and O–H groups in total. The van der Waals surface area contributed by atoms with Gasteiger partial charge in [-0.25, -0.2) is 0 Å². The van der Waals surface area contributed by atoms with Crippen molar-refractivity contribution in [1.29, 1.82) is 0 Å². The number of hydrogen-bond acceptors (Lipinski definition) is 3. The van der Waals surface area contributed by atoms with Crippen molar-refractivity contribution in [2.45, 2.75) is 32.7 Å². The molecule has 3 aromatic rings. The molecule has 0 spiro atoms. The second kappa shape index (κ2) is 8.56. The predicted molar refractivity (Wildman–Crippen MR) is 109 cm³/mol. The van der Waals surface area contributed by atoms with Crippen molar-refractivity contribution < 1.29 is 4.74 Å². The van der Waals surface area contributed by atoms with Crippen LogP contribution in [0.1, 0.15) is 32.8 Å². The Hall–Kier alpha value is -1.75. The number of rotatable bonds is 5. The summed E-state index contributed by atoms with van der Waals surface area (Å²) in [6.07, 6.45) is 2.79. The average Bonchev–Trinajstić information content (AvgIpc) is 3.00. The van der Waals surface area contributed by atoms with E-state index in [0.717, 1.165) is 39.8 Å². The van der Waals surface area contributed by atoms with Crippen LogP contribution in [0.25, 0.3) is 22.0 Å². The first-order valence-corrected chi connectivity index (χ1v) is 7.99. The van der Waals surface area contributed by atoms with E-state index in [1.807, 2.05) is 26.1 Å². The van der Waals surface area contributed by atoms with Gasteiger partial charge in [0, 0.05) is 11.1 Å². The van der Waals surface area contributed by atoms with E-state index < -0.39 is 0 Å². The summed E-state index contributed by atoms with van der Waals surface area (Å²) in [5, 5.41) is 8.14. The molecule has 0 amide bonds. The zero-order valence-electron chi connectivity index (χ0n) is 14.7. The molecule has 0 radical (unpaired) electrons. The number of nitrogens with one attached hydrogen (secondary N) is 1. The average molecular weight is 382 g/mol. The molecule has 0 aliphatic rings.